The zero-order valence-corrected chi connectivity index (χ0v) is 11.6. The summed E-state index contributed by atoms with van der Waals surface area (Å²) in [5.74, 6) is -0.385. The van der Waals surface area contributed by atoms with Gasteiger partial charge in [-0.05, 0) is 18.2 Å². The maximum Gasteiger partial charge on any atom is 0.251 e. The lowest BCUT2D eigenvalue weighted by Crippen LogP contribution is -2.39. The first-order valence-corrected chi connectivity index (χ1v) is 7.62. The molecule has 0 aromatic heterocycles. The van der Waals surface area contributed by atoms with Gasteiger partial charge >= 0.3 is 0 Å². The van der Waals surface area contributed by atoms with Crippen molar-refractivity contribution in [2.75, 3.05) is 26.4 Å². The monoisotopic (exact) mass is 300 g/mol. The van der Waals surface area contributed by atoms with E-state index in [-0.39, 0.29) is 22.5 Å². The first-order valence-electron chi connectivity index (χ1n) is 6.07. The van der Waals surface area contributed by atoms with Crippen LogP contribution in [0.25, 0.3) is 0 Å². The van der Waals surface area contributed by atoms with Gasteiger partial charge in [0.05, 0.1) is 30.8 Å². The minimum atomic E-state index is -3.82. The van der Waals surface area contributed by atoms with Crippen molar-refractivity contribution < 1.29 is 22.7 Å². The Morgan fingerprint density at radius 1 is 1.40 bits per heavy atom. The molecule has 0 bridgehead atoms. The molecular formula is C12H16N2O5S. The third kappa shape index (κ3) is 4.01. The molecule has 110 valence electrons. The average Bonchev–Trinajstić information content (AvgIpc) is 2.45. The van der Waals surface area contributed by atoms with Crippen LogP contribution < -0.4 is 10.5 Å². The Balaban J connectivity index is 1.98. The minimum absolute atomic E-state index is 0.0950. The predicted octanol–water partition coefficient (Wildman–Crippen LogP) is -0.521. The summed E-state index contributed by atoms with van der Waals surface area (Å²) in [4.78, 5) is 11.8. The molecule has 1 atom stereocenters. The van der Waals surface area contributed by atoms with Gasteiger partial charge in [0.1, 0.15) is 0 Å². The number of carbonyl (C=O) groups excluding carboxylic acids is 1. The van der Waals surface area contributed by atoms with Crippen LogP contribution in [0.3, 0.4) is 0 Å². The third-order valence-corrected chi connectivity index (χ3v) is 3.71. The molecule has 1 fully saturated rings. The molecule has 1 aliphatic rings. The number of rotatable bonds is 4. The molecular weight excluding hydrogens is 284 g/mol. The molecule has 1 saturated heterocycles. The molecule has 1 aliphatic heterocycles. The van der Waals surface area contributed by atoms with E-state index in [0.29, 0.717) is 26.4 Å². The highest BCUT2D eigenvalue weighted by atomic mass is 32.2. The van der Waals surface area contributed by atoms with Gasteiger partial charge in [-0.1, -0.05) is 6.07 Å². The van der Waals surface area contributed by atoms with Crippen molar-refractivity contribution in [2.45, 2.75) is 11.0 Å². The van der Waals surface area contributed by atoms with Crippen LogP contribution in [0.1, 0.15) is 10.4 Å². The summed E-state index contributed by atoms with van der Waals surface area (Å²) in [7, 11) is -3.82. The van der Waals surface area contributed by atoms with Crippen LogP contribution >= 0.6 is 0 Å². The highest BCUT2D eigenvalue weighted by molar-refractivity contribution is 7.89. The Labute approximate surface area is 117 Å². The summed E-state index contributed by atoms with van der Waals surface area (Å²) >= 11 is 0. The smallest absolute Gasteiger partial charge is 0.251 e. The maximum absolute atomic E-state index is 11.9. The summed E-state index contributed by atoms with van der Waals surface area (Å²) in [6, 6.07) is 5.56. The molecule has 1 heterocycles. The number of nitrogens with one attached hydrogen (secondary N) is 1. The number of ether oxygens (including phenoxy) is 2. The summed E-state index contributed by atoms with van der Waals surface area (Å²) < 4.78 is 33.0. The van der Waals surface area contributed by atoms with E-state index in [0.717, 1.165) is 0 Å². The molecule has 8 heteroatoms. The van der Waals surface area contributed by atoms with Gasteiger partial charge in [0.25, 0.3) is 5.91 Å². The lowest BCUT2D eigenvalue weighted by atomic mass is 10.2. The fourth-order valence-electron chi connectivity index (χ4n) is 1.78. The van der Waals surface area contributed by atoms with Gasteiger partial charge in [-0.25, -0.2) is 13.6 Å². The van der Waals surface area contributed by atoms with Gasteiger partial charge in [0, 0.05) is 12.1 Å². The van der Waals surface area contributed by atoms with E-state index in [2.05, 4.69) is 5.32 Å². The lowest BCUT2D eigenvalue weighted by molar-refractivity contribution is -0.0855. The number of carbonyl (C=O) groups is 1. The molecule has 1 aromatic rings. The SMILES string of the molecule is NS(=O)(=O)c1cccc(C(=O)NCC2COCCO2)c1. The minimum Gasteiger partial charge on any atom is -0.376 e. The van der Waals surface area contributed by atoms with E-state index in [9.17, 15) is 13.2 Å². The second kappa shape index (κ2) is 6.31. The molecule has 3 N–H and O–H groups in total. The summed E-state index contributed by atoms with van der Waals surface area (Å²) in [5, 5.41) is 7.69. The van der Waals surface area contributed by atoms with Crippen LogP contribution in [-0.2, 0) is 19.5 Å². The molecule has 0 saturated carbocycles. The molecule has 1 amide bonds. The molecule has 20 heavy (non-hydrogen) atoms. The summed E-state index contributed by atoms with van der Waals surface area (Å²) in [6.45, 7) is 1.79. The van der Waals surface area contributed by atoms with Crippen molar-refractivity contribution in [3.63, 3.8) is 0 Å². The van der Waals surface area contributed by atoms with Crippen molar-refractivity contribution in [1.82, 2.24) is 5.32 Å². The maximum atomic E-state index is 11.9. The predicted molar refractivity (Wildman–Crippen MR) is 70.7 cm³/mol. The fourth-order valence-corrected chi connectivity index (χ4v) is 2.34. The normalized spacial score (nSPS) is 19.6. The van der Waals surface area contributed by atoms with E-state index in [1.165, 1.54) is 24.3 Å². The fraction of sp³-hybridized carbons (Fsp3) is 0.417. The van der Waals surface area contributed by atoms with Crippen LogP contribution in [0.5, 0.6) is 0 Å². The van der Waals surface area contributed by atoms with Gasteiger partial charge in [-0.2, -0.15) is 0 Å². The molecule has 0 spiro atoms. The highest BCUT2D eigenvalue weighted by Gasteiger charge is 2.16. The molecule has 1 aromatic carbocycles. The van der Waals surface area contributed by atoms with E-state index in [4.69, 9.17) is 14.6 Å². The third-order valence-electron chi connectivity index (χ3n) is 2.80. The topological polar surface area (TPSA) is 108 Å². The Morgan fingerprint density at radius 2 is 2.20 bits per heavy atom. The summed E-state index contributed by atoms with van der Waals surface area (Å²) in [6.07, 6.45) is -0.186. The number of sulfonamides is 1. The number of hydrogen-bond donors (Lipinski definition) is 2. The largest absolute Gasteiger partial charge is 0.376 e. The van der Waals surface area contributed by atoms with Crippen LogP contribution in [-0.4, -0.2) is 46.8 Å². The Bertz CT molecular complexity index is 581. The van der Waals surface area contributed by atoms with Crippen LogP contribution in [0, 0.1) is 0 Å². The van der Waals surface area contributed by atoms with Gasteiger partial charge in [-0.3, -0.25) is 4.79 Å². The van der Waals surface area contributed by atoms with Gasteiger partial charge < -0.3 is 14.8 Å². The summed E-state index contributed by atoms with van der Waals surface area (Å²) in [5.41, 5.74) is 0.230. The molecule has 2 rings (SSSR count). The molecule has 0 aliphatic carbocycles. The second-order valence-corrected chi connectivity index (χ2v) is 5.91. The Morgan fingerprint density at radius 3 is 2.85 bits per heavy atom. The zero-order valence-electron chi connectivity index (χ0n) is 10.7. The lowest BCUT2D eigenvalue weighted by Gasteiger charge is -2.23. The van der Waals surface area contributed by atoms with Gasteiger partial charge in [-0.15, -0.1) is 0 Å². The Hall–Kier alpha value is -1.48. The van der Waals surface area contributed by atoms with Gasteiger partial charge in [0.15, 0.2) is 0 Å². The molecule has 1 unspecified atom stereocenters. The van der Waals surface area contributed by atoms with Crippen LogP contribution in [0.4, 0.5) is 0 Å². The average molecular weight is 300 g/mol. The van der Waals surface area contributed by atoms with E-state index >= 15 is 0 Å². The number of primary sulfonamides is 1. The number of hydrogen-bond acceptors (Lipinski definition) is 5. The zero-order chi connectivity index (χ0) is 14.6. The molecule has 7 nitrogen and oxygen atoms in total. The van der Waals surface area contributed by atoms with Crippen LogP contribution in [0.2, 0.25) is 0 Å². The van der Waals surface area contributed by atoms with Crippen molar-refractivity contribution in [2.24, 2.45) is 5.14 Å². The van der Waals surface area contributed by atoms with E-state index in [1.807, 2.05) is 0 Å². The highest BCUT2D eigenvalue weighted by Crippen LogP contribution is 2.10. The van der Waals surface area contributed by atoms with Crippen molar-refractivity contribution in [1.29, 1.82) is 0 Å². The van der Waals surface area contributed by atoms with Crippen molar-refractivity contribution in [3.05, 3.63) is 29.8 Å². The number of benzene rings is 1. The van der Waals surface area contributed by atoms with Crippen LogP contribution in [0.15, 0.2) is 29.2 Å². The molecule has 0 radical (unpaired) electrons. The second-order valence-electron chi connectivity index (χ2n) is 4.35. The van der Waals surface area contributed by atoms with Crippen molar-refractivity contribution in [3.8, 4) is 0 Å². The van der Waals surface area contributed by atoms with E-state index < -0.39 is 10.0 Å². The standard InChI is InChI=1S/C12H16N2O5S/c13-20(16,17)11-3-1-2-9(6-11)12(15)14-7-10-8-18-4-5-19-10/h1-3,6,10H,4-5,7-8H2,(H,14,15)(H2,13,16,17). The van der Waals surface area contributed by atoms with E-state index in [1.54, 1.807) is 0 Å². The number of amides is 1. The number of nitrogens with two attached hydrogens (primary N) is 1. The van der Waals surface area contributed by atoms with Crippen molar-refractivity contribution >= 4 is 15.9 Å². The quantitative estimate of drug-likeness (QED) is 0.778. The first-order chi connectivity index (χ1) is 9.47. The first kappa shape index (κ1) is 14.9. The van der Waals surface area contributed by atoms with Gasteiger partial charge in [0.2, 0.25) is 10.0 Å². The Kier molecular flexibility index (Phi) is 4.71.